The lowest BCUT2D eigenvalue weighted by Gasteiger charge is -2.19. The maximum Gasteiger partial charge on any atom is 0.323 e. The van der Waals surface area contributed by atoms with Crippen molar-refractivity contribution in [3.63, 3.8) is 0 Å². The summed E-state index contributed by atoms with van der Waals surface area (Å²) in [5, 5.41) is 14.4. The molecule has 1 aliphatic rings. The molecule has 0 unspecified atom stereocenters. The number of esters is 1. The Bertz CT molecular complexity index is 591. The molecule has 1 heterocycles. The first kappa shape index (κ1) is 17.0. The number of carbonyl (C=O) groups is 1. The third-order valence-electron chi connectivity index (χ3n) is 3.85. The number of ether oxygens (including phenoxy) is 3. The number of methoxy groups -OCH3 is 2. The lowest BCUT2D eigenvalue weighted by atomic mass is 9.99. The zero-order chi connectivity index (χ0) is 17.0. The summed E-state index contributed by atoms with van der Waals surface area (Å²) in [5.74, 6) is 0.418. The van der Waals surface area contributed by atoms with E-state index in [1.165, 1.54) is 14.2 Å². The maximum atomic E-state index is 11.9. The number of carbonyl (C=O) groups excluding carboxylic acids is 1. The van der Waals surface area contributed by atoms with Gasteiger partial charge in [-0.3, -0.25) is 20.2 Å². The summed E-state index contributed by atoms with van der Waals surface area (Å²) in [7, 11) is 2.97. The molecular formula is C15H20N2O6. The fraction of sp³-hybridized carbons (Fsp3) is 0.533. The highest BCUT2D eigenvalue weighted by atomic mass is 16.6. The van der Waals surface area contributed by atoms with Crippen LogP contribution < -0.4 is 14.8 Å². The van der Waals surface area contributed by atoms with Gasteiger partial charge in [0.05, 0.1) is 20.8 Å². The molecule has 1 N–H and O–H groups in total. The lowest BCUT2D eigenvalue weighted by Crippen LogP contribution is -2.34. The van der Waals surface area contributed by atoms with E-state index in [9.17, 15) is 14.9 Å². The monoisotopic (exact) mass is 324 g/mol. The molecule has 1 aromatic carbocycles. The van der Waals surface area contributed by atoms with E-state index < -0.39 is 24.1 Å². The minimum atomic E-state index is -0.953. The Hall–Kier alpha value is -2.35. The second-order valence-electron chi connectivity index (χ2n) is 5.12. The van der Waals surface area contributed by atoms with Gasteiger partial charge in [0.2, 0.25) is 6.04 Å². The van der Waals surface area contributed by atoms with Gasteiger partial charge in [-0.2, -0.15) is 0 Å². The predicted octanol–water partition coefficient (Wildman–Crippen LogP) is 1.32. The molecule has 0 aliphatic carbocycles. The van der Waals surface area contributed by atoms with Crippen molar-refractivity contribution in [2.75, 3.05) is 20.8 Å². The van der Waals surface area contributed by atoms with E-state index in [1.807, 2.05) is 0 Å². The minimum absolute atomic E-state index is 0.0663. The topological polar surface area (TPSA) is 99.9 Å². The maximum absolute atomic E-state index is 11.9. The van der Waals surface area contributed by atoms with Crippen LogP contribution in [0.25, 0.3) is 0 Å². The van der Waals surface area contributed by atoms with Crippen molar-refractivity contribution in [3.05, 3.63) is 33.9 Å². The average molecular weight is 324 g/mol. The van der Waals surface area contributed by atoms with Crippen molar-refractivity contribution in [1.29, 1.82) is 0 Å². The fourth-order valence-corrected chi connectivity index (χ4v) is 2.84. The van der Waals surface area contributed by atoms with Crippen LogP contribution in [-0.2, 0) is 9.53 Å². The number of para-hydroxylation sites is 1. The van der Waals surface area contributed by atoms with Crippen molar-refractivity contribution in [2.24, 2.45) is 0 Å². The number of nitrogens with one attached hydrogen (secondary N) is 1. The van der Waals surface area contributed by atoms with Gasteiger partial charge in [-0.15, -0.1) is 0 Å². The van der Waals surface area contributed by atoms with E-state index in [2.05, 4.69) is 5.32 Å². The molecule has 8 heteroatoms. The quantitative estimate of drug-likeness (QED) is 0.478. The standard InChI is InChI=1S/C15H20N2O6/c1-4-23-15(18)10-8-11(17(19)20)13(16-10)9-6-5-7-12(21-2)14(9)22-3/h5-7,10-11,13,16H,4,8H2,1-3H3/t10-,11-,13-/m0/s1. The second kappa shape index (κ2) is 7.28. The summed E-state index contributed by atoms with van der Waals surface area (Å²) >= 11 is 0. The second-order valence-corrected chi connectivity index (χ2v) is 5.12. The molecule has 2 rings (SSSR count). The van der Waals surface area contributed by atoms with Gasteiger partial charge in [0, 0.05) is 16.9 Å². The third-order valence-corrected chi connectivity index (χ3v) is 3.85. The summed E-state index contributed by atoms with van der Waals surface area (Å²) in [6.07, 6.45) is 0.0663. The normalized spacial score (nSPS) is 23.3. The van der Waals surface area contributed by atoms with Crippen LogP contribution in [0.5, 0.6) is 11.5 Å². The molecule has 23 heavy (non-hydrogen) atoms. The van der Waals surface area contributed by atoms with E-state index in [0.29, 0.717) is 17.1 Å². The SMILES string of the molecule is CCOC(=O)[C@@H]1C[C@H]([N+](=O)[O-])[C@H](c2cccc(OC)c2OC)N1. The third kappa shape index (κ3) is 3.37. The largest absolute Gasteiger partial charge is 0.493 e. The Morgan fingerprint density at radius 2 is 2.13 bits per heavy atom. The summed E-state index contributed by atoms with van der Waals surface area (Å²) in [6.45, 7) is 1.92. The van der Waals surface area contributed by atoms with Gasteiger partial charge in [-0.1, -0.05) is 12.1 Å². The number of rotatable bonds is 6. The highest BCUT2D eigenvalue weighted by Gasteiger charge is 2.47. The zero-order valence-electron chi connectivity index (χ0n) is 13.3. The molecule has 0 saturated carbocycles. The van der Waals surface area contributed by atoms with Gasteiger partial charge < -0.3 is 14.2 Å². The number of benzene rings is 1. The van der Waals surface area contributed by atoms with Crippen molar-refractivity contribution >= 4 is 5.97 Å². The van der Waals surface area contributed by atoms with E-state index in [1.54, 1.807) is 25.1 Å². The predicted molar refractivity (Wildman–Crippen MR) is 81.2 cm³/mol. The van der Waals surface area contributed by atoms with Gasteiger partial charge in [0.1, 0.15) is 12.1 Å². The molecule has 0 bridgehead atoms. The van der Waals surface area contributed by atoms with Crippen LogP contribution in [0.15, 0.2) is 18.2 Å². The molecule has 0 aromatic heterocycles. The molecule has 1 aromatic rings. The summed E-state index contributed by atoms with van der Waals surface area (Å²) < 4.78 is 15.5. The highest BCUT2D eigenvalue weighted by molar-refractivity contribution is 5.76. The van der Waals surface area contributed by atoms with Crippen molar-refractivity contribution in [1.82, 2.24) is 5.32 Å². The van der Waals surface area contributed by atoms with Crippen molar-refractivity contribution in [2.45, 2.75) is 31.5 Å². The molecule has 0 amide bonds. The van der Waals surface area contributed by atoms with Gasteiger partial charge in [-0.25, -0.2) is 0 Å². The van der Waals surface area contributed by atoms with E-state index >= 15 is 0 Å². The Balaban J connectivity index is 2.36. The van der Waals surface area contributed by atoms with E-state index in [-0.39, 0.29) is 18.0 Å². The van der Waals surface area contributed by atoms with Crippen LogP contribution in [0.4, 0.5) is 0 Å². The minimum Gasteiger partial charge on any atom is -0.493 e. The first-order chi connectivity index (χ1) is 11.0. The molecule has 0 radical (unpaired) electrons. The van der Waals surface area contributed by atoms with Crippen LogP contribution >= 0.6 is 0 Å². The summed E-state index contributed by atoms with van der Waals surface area (Å²) in [4.78, 5) is 22.9. The van der Waals surface area contributed by atoms with Crippen LogP contribution in [0, 0.1) is 10.1 Å². The molecule has 8 nitrogen and oxygen atoms in total. The average Bonchev–Trinajstić information content (AvgIpc) is 2.99. The summed E-state index contributed by atoms with van der Waals surface area (Å²) in [5.41, 5.74) is 0.584. The zero-order valence-corrected chi connectivity index (χ0v) is 13.3. The van der Waals surface area contributed by atoms with Crippen LogP contribution in [0.2, 0.25) is 0 Å². The molecule has 126 valence electrons. The highest BCUT2D eigenvalue weighted by Crippen LogP contribution is 2.39. The Morgan fingerprint density at radius 1 is 1.39 bits per heavy atom. The number of hydrogen-bond donors (Lipinski definition) is 1. The Labute approximate surface area is 133 Å². The molecule has 1 fully saturated rings. The molecular weight excluding hydrogens is 304 g/mol. The molecule has 3 atom stereocenters. The number of hydrogen-bond acceptors (Lipinski definition) is 7. The van der Waals surface area contributed by atoms with Gasteiger partial charge >= 0.3 is 5.97 Å². The number of nitrogens with zero attached hydrogens (tertiary/aromatic N) is 1. The molecule has 1 aliphatic heterocycles. The van der Waals surface area contributed by atoms with Crippen LogP contribution in [0.1, 0.15) is 24.9 Å². The first-order valence-electron chi connectivity index (χ1n) is 7.30. The summed E-state index contributed by atoms with van der Waals surface area (Å²) in [6, 6.07) is 2.83. The fourth-order valence-electron chi connectivity index (χ4n) is 2.84. The van der Waals surface area contributed by atoms with Crippen LogP contribution in [-0.4, -0.2) is 43.8 Å². The Kier molecular flexibility index (Phi) is 5.38. The first-order valence-corrected chi connectivity index (χ1v) is 7.30. The van der Waals surface area contributed by atoms with Gasteiger partial charge in [-0.05, 0) is 13.0 Å². The lowest BCUT2D eigenvalue weighted by molar-refractivity contribution is -0.524. The Morgan fingerprint density at radius 3 is 2.70 bits per heavy atom. The van der Waals surface area contributed by atoms with Crippen molar-refractivity contribution < 1.29 is 23.9 Å². The van der Waals surface area contributed by atoms with E-state index in [0.717, 1.165) is 0 Å². The van der Waals surface area contributed by atoms with Gasteiger partial charge in [0.25, 0.3) is 0 Å². The van der Waals surface area contributed by atoms with Crippen LogP contribution in [0.3, 0.4) is 0 Å². The van der Waals surface area contributed by atoms with Crippen molar-refractivity contribution in [3.8, 4) is 11.5 Å². The van der Waals surface area contributed by atoms with Gasteiger partial charge in [0.15, 0.2) is 11.5 Å². The van der Waals surface area contributed by atoms with E-state index in [4.69, 9.17) is 14.2 Å². The number of nitro groups is 1. The smallest absolute Gasteiger partial charge is 0.323 e. The molecule has 1 saturated heterocycles. The molecule has 0 spiro atoms.